The molecule has 3 rings (SSSR count). The lowest BCUT2D eigenvalue weighted by Crippen LogP contribution is -2.45. The van der Waals surface area contributed by atoms with Crippen LogP contribution >= 0.6 is 0 Å². The van der Waals surface area contributed by atoms with Gasteiger partial charge in [0, 0.05) is 18.5 Å². The number of aliphatic carboxylic acids is 1. The second-order valence-electron chi connectivity index (χ2n) is 13.2. The lowest BCUT2D eigenvalue weighted by atomic mass is 9.95. The van der Waals surface area contributed by atoms with Crippen LogP contribution in [-0.4, -0.2) is 108 Å². The number of nitrogens with two attached hydrogens (primary N) is 2. The van der Waals surface area contributed by atoms with Crippen LogP contribution in [0.25, 0.3) is 21.9 Å². The second-order valence-corrected chi connectivity index (χ2v) is 13.2. The van der Waals surface area contributed by atoms with E-state index in [-0.39, 0.29) is 25.9 Å². The number of carbonyl (C=O) groups excluding carboxylic acids is 3. The highest BCUT2D eigenvalue weighted by Gasteiger charge is 2.20. The molecule has 302 valence electrons. The van der Waals surface area contributed by atoms with Crippen LogP contribution in [0.15, 0.2) is 60.7 Å². The Hall–Kier alpha value is -4.80. The van der Waals surface area contributed by atoms with Crippen molar-refractivity contribution in [1.82, 2.24) is 16.0 Å². The van der Waals surface area contributed by atoms with Gasteiger partial charge in [0.05, 0.1) is 71.3 Å². The highest BCUT2D eigenvalue weighted by molar-refractivity contribution is 6.00. The molecule has 55 heavy (non-hydrogen) atoms. The molecule has 0 bridgehead atoms. The van der Waals surface area contributed by atoms with E-state index in [4.69, 9.17) is 35.2 Å². The van der Waals surface area contributed by atoms with Gasteiger partial charge in [-0.15, -0.1) is 0 Å². The second kappa shape index (κ2) is 25.3. The normalized spacial score (nSPS) is 12.3. The number of carbonyl (C=O) groups is 4. The van der Waals surface area contributed by atoms with Crippen molar-refractivity contribution in [3.05, 3.63) is 66.2 Å². The SMILES string of the molecule is CC(C)CCOCCOCCOCCOCCOc1ccc(-c2ccc([C@H](CC(=O)O)NC(=O)CNC(=O)[C@@H](N)CCCNC(N)=O)cc2)c2ccccc12. The molecule has 0 saturated heterocycles. The molecule has 0 aromatic heterocycles. The van der Waals surface area contributed by atoms with E-state index in [1.807, 2.05) is 48.5 Å². The molecule has 0 unspecified atom stereocenters. The van der Waals surface area contributed by atoms with E-state index in [0.717, 1.165) is 40.7 Å². The molecule has 0 saturated carbocycles. The fourth-order valence-corrected chi connectivity index (χ4v) is 5.47. The third kappa shape index (κ3) is 17.5. The molecule has 0 spiro atoms. The van der Waals surface area contributed by atoms with E-state index in [2.05, 4.69) is 29.8 Å². The smallest absolute Gasteiger partial charge is 0.312 e. The highest BCUT2D eigenvalue weighted by Crippen LogP contribution is 2.35. The first-order chi connectivity index (χ1) is 26.5. The van der Waals surface area contributed by atoms with Crippen LogP contribution < -0.4 is 32.2 Å². The summed E-state index contributed by atoms with van der Waals surface area (Å²) in [5.41, 5.74) is 13.3. The zero-order valence-corrected chi connectivity index (χ0v) is 31.9. The summed E-state index contributed by atoms with van der Waals surface area (Å²) in [6, 6.07) is 16.7. The van der Waals surface area contributed by atoms with Crippen LogP contribution in [0, 0.1) is 5.92 Å². The fraction of sp³-hybridized carbons (Fsp3) is 0.500. The minimum atomic E-state index is -1.10. The molecule has 0 aliphatic heterocycles. The number of urea groups is 1. The topological polar surface area (TPSA) is 223 Å². The van der Waals surface area contributed by atoms with Gasteiger partial charge in [-0.2, -0.15) is 0 Å². The van der Waals surface area contributed by atoms with E-state index in [1.165, 1.54) is 0 Å². The zero-order valence-electron chi connectivity index (χ0n) is 31.9. The number of fused-ring (bicyclic) bond motifs is 1. The van der Waals surface area contributed by atoms with Crippen molar-refractivity contribution in [2.75, 3.05) is 72.6 Å². The summed E-state index contributed by atoms with van der Waals surface area (Å²) in [6.07, 6.45) is 1.38. The van der Waals surface area contributed by atoms with E-state index < -0.39 is 35.9 Å². The van der Waals surface area contributed by atoms with Crippen molar-refractivity contribution in [1.29, 1.82) is 0 Å². The maximum atomic E-state index is 12.7. The average Bonchev–Trinajstić information content (AvgIpc) is 3.16. The van der Waals surface area contributed by atoms with Crippen molar-refractivity contribution in [3.63, 3.8) is 0 Å². The number of hydrogen-bond donors (Lipinski definition) is 6. The Morgan fingerprint density at radius 1 is 0.727 bits per heavy atom. The van der Waals surface area contributed by atoms with Gasteiger partial charge in [0.15, 0.2) is 0 Å². The van der Waals surface area contributed by atoms with Crippen LogP contribution in [0.3, 0.4) is 0 Å². The first kappa shape index (κ1) is 44.6. The molecule has 8 N–H and O–H groups in total. The van der Waals surface area contributed by atoms with E-state index in [9.17, 15) is 24.3 Å². The summed E-state index contributed by atoms with van der Waals surface area (Å²) >= 11 is 0. The summed E-state index contributed by atoms with van der Waals surface area (Å²) < 4.78 is 28.4. The number of carboxylic acids is 1. The van der Waals surface area contributed by atoms with Crippen molar-refractivity contribution >= 4 is 34.6 Å². The summed E-state index contributed by atoms with van der Waals surface area (Å²) in [5, 5.41) is 19.0. The Morgan fingerprint density at radius 2 is 1.33 bits per heavy atom. The number of rotatable bonds is 28. The molecule has 2 atom stereocenters. The Morgan fingerprint density at radius 3 is 1.93 bits per heavy atom. The van der Waals surface area contributed by atoms with E-state index >= 15 is 0 Å². The van der Waals surface area contributed by atoms with Crippen LogP contribution in [0.4, 0.5) is 4.79 Å². The summed E-state index contributed by atoms with van der Waals surface area (Å²) in [7, 11) is 0. The molecule has 0 aliphatic rings. The maximum Gasteiger partial charge on any atom is 0.312 e. The zero-order chi connectivity index (χ0) is 39.8. The van der Waals surface area contributed by atoms with E-state index in [0.29, 0.717) is 70.8 Å². The lowest BCUT2D eigenvalue weighted by Gasteiger charge is -2.19. The Bertz CT molecular complexity index is 1620. The van der Waals surface area contributed by atoms with Gasteiger partial charge in [0.25, 0.3) is 0 Å². The summed E-state index contributed by atoms with van der Waals surface area (Å²) in [5.74, 6) is -0.852. The van der Waals surface area contributed by atoms with Gasteiger partial charge < -0.3 is 56.2 Å². The monoisotopic (exact) mass is 767 g/mol. The molecular weight excluding hydrogens is 710 g/mol. The Kier molecular flexibility index (Phi) is 20.5. The number of benzene rings is 3. The van der Waals surface area contributed by atoms with Crippen molar-refractivity contribution in [3.8, 4) is 16.9 Å². The fourth-order valence-electron chi connectivity index (χ4n) is 5.47. The number of ether oxygens (including phenoxy) is 5. The predicted molar refractivity (Wildman–Crippen MR) is 209 cm³/mol. The molecule has 3 aromatic rings. The standard InChI is InChI=1S/C40H57N5O10/c1-28(2)15-17-51-18-19-52-20-21-53-22-23-54-24-25-55-36-14-13-31(32-6-3-4-7-33(32)36)29-9-11-30(12-10-29)35(26-38(47)48)45-37(46)27-44-39(49)34(41)8-5-16-43-40(42)50/h3-4,6-7,9-14,28,34-35H,5,8,15-27,41H2,1-2H3,(H,44,49)(H,45,46)(H,47,48)(H3,42,43,50)/t34-,35-/m0/s1. The average molecular weight is 768 g/mol. The minimum Gasteiger partial charge on any atom is -0.491 e. The molecule has 0 heterocycles. The van der Waals surface area contributed by atoms with Gasteiger partial charge in [-0.1, -0.05) is 68.4 Å². The van der Waals surface area contributed by atoms with Gasteiger partial charge in [-0.05, 0) is 53.3 Å². The Labute approximate surface area is 322 Å². The third-order valence-corrected chi connectivity index (χ3v) is 8.41. The molecular formula is C40H57N5O10. The molecule has 3 aromatic carbocycles. The van der Waals surface area contributed by atoms with Crippen LogP contribution in [0.5, 0.6) is 5.75 Å². The van der Waals surface area contributed by atoms with Crippen molar-refractivity contribution < 1.29 is 48.0 Å². The largest absolute Gasteiger partial charge is 0.491 e. The number of amides is 4. The number of carboxylic acid groups (broad SMARTS) is 1. The van der Waals surface area contributed by atoms with Gasteiger partial charge >= 0.3 is 12.0 Å². The maximum absolute atomic E-state index is 12.7. The summed E-state index contributed by atoms with van der Waals surface area (Å²) in [4.78, 5) is 47.5. The van der Waals surface area contributed by atoms with Crippen LogP contribution in [0.1, 0.15) is 51.1 Å². The van der Waals surface area contributed by atoms with Gasteiger partial charge in [0.2, 0.25) is 11.8 Å². The molecule has 0 radical (unpaired) electrons. The van der Waals surface area contributed by atoms with Gasteiger partial charge in [-0.3, -0.25) is 14.4 Å². The minimum absolute atomic E-state index is 0.268. The molecule has 15 nitrogen and oxygen atoms in total. The quantitative estimate of drug-likeness (QED) is 0.0587. The molecule has 4 amide bonds. The molecule has 0 aliphatic carbocycles. The third-order valence-electron chi connectivity index (χ3n) is 8.41. The predicted octanol–water partition coefficient (Wildman–Crippen LogP) is 3.52. The van der Waals surface area contributed by atoms with Crippen LogP contribution in [-0.2, 0) is 33.3 Å². The van der Waals surface area contributed by atoms with Gasteiger partial charge in [-0.25, -0.2) is 4.79 Å². The lowest BCUT2D eigenvalue weighted by molar-refractivity contribution is -0.138. The van der Waals surface area contributed by atoms with E-state index in [1.54, 1.807) is 12.1 Å². The first-order valence-corrected chi connectivity index (χ1v) is 18.7. The van der Waals surface area contributed by atoms with Crippen molar-refractivity contribution in [2.24, 2.45) is 17.4 Å². The molecule has 0 fully saturated rings. The van der Waals surface area contributed by atoms with Crippen LogP contribution in [0.2, 0.25) is 0 Å². The highest BCUT2D eigenvalue weighted by atomic mass is 16.6. The van der Waals surface area contributed by atoms with Gasteiger partial charge in [0.1, 0.15) is 12.4 Å². The van der Waals surface area contributed by atoms with Crippen molar-refractivity contribution in [2.45, 2.75) is 51.6 Å². The summed E-state index contributed by atoms with van der Waals surface area (Å²) in [6.45, 7) is 8.80. The first-order valence-electron chi connectivity index (χ1n) is 18.7. The number of nitrogens with one attached hydrogen (secondary N) is 3. The molecule has 15 heteroatoms. The number of primary amides is 1. The number of hydrogen-bond acceptors (Lipinski definition) is 10. The Balaban J connectivity index is 1.46.